The molecule has 0 fully saturated rings. The number of primary amides is 1. The van der Waals surface area contributed by atoms with Crippen molar-refractivity contribution in [1.29, 1.82) is 0 Å². The maximum absolute atomic E-state index is 11.5. The number of rotatable bonds is 7. The molecule has 1 aliphatic carbocycles. The number of hydrogen-bond acceptors (Lipinski definition) is 4. The summed E-state index contributed by atoms with van der Waals surface area (Å²) in [5.74, 6) is 1.33. The molecule has 5 nitrogen and oxygen atoms in total. The van der Waals surface area contributed by atoms with E-state index in [9.17, 15) is 4.79 Å². The fourth-order valence-electron chi connectivity index (χ4n) is 3.40. The van der Waals surface area contributed by atoms with Crippen molar-refractivity contribution in [3.63, 3.8) is 0 Å². The van der Waals surface area contributed by atoms with Gasteiger partial charge in [-0.1, -0.05) is 19.9 Å². The Kier molecular flexibility index (Phi) is 5.89. The summed E-state index contributed by atoms with van der Waals surface area (Å²) >= 11 is 0. The van der Waals surface area contributed by atoms with E-state index in [2.05, 4.69) is 36.3 Å². The number of ether oxygens (including phenoxy) is 1. The summed E-state index contributed by atoms with van der Waals surface area (Å²) in [5, 5.41) is 3.69. The summed E-state index contributed by atoms with van der Waals surface area (Å²) < 4.78 is 5.92. The van der Waals surface area contributed by atoms with Crippen LogP contribution >= 0.6 is 0 Å². The van der Waals surface area contributed by atoms with Crippen molar-refractivity contribution in [2.45, 2.75) is 45.6 Å². The second kappa shape index (κ2) is 8.32. The summed E-state index contributed by atoms with van der Waals surface area (Å²) in [4.78, 5) is 15.5. The number of nitrogens with one attached hydrogen (secondary N) is 1. The molecule has 0 saturated carbocycles. The van der Waals surface area contributed by atoms with Crippen LogP contribution in [0.2, 0.25) is 0 Å². The summed E-state index contributed by atoms with van der Waals surface area (Å²) in [5.41, 5.74) is 8.36. The molecule has 5 heteroatoms. The van der Waals surface area contributed by atoms with Crippen LogP contribution in [0.3, 0.4) is 0 Å². The monoisotopic (exact) mass is 353 g/mol. The third-order valence-electron chi connectivity index (χ3n) is 4.82. The molecule has 1 heterocycles. The maximum Gasteiger partial charge on any atom is 0.254 e. The molecule has 1 aromatic carbocycles. The van der Waals surface area contributed by atoms with E-state index < -0.39 is 5.91 Å². The van der Waals surface area contributed by atoms with Gasteiger partial charge in [-0.25, -0.2) is 0 Å². The minimum atomic E-state index is -0.541. The quantitative estimate of drug-likeness (QED) is 0.789. The van der Waals surface area contributed by atoms with Crippen LogP contribution in [0, 0.1) is 5.92 Å². The predicted molar refractivity (Wildman–Crippen MR) is 102 cm³/mol. The molecule has 26 heavy (non-hydrogen) atoms. The van der Waals surface area contributed by atoms with Gasteiger partial charge >= 0.3 is 0 Å². The molecule has 0 aliphatic heterocycles. The highest BCUT2D eigenvalue weighted by Crippen LogP contribution is 2.34. The average molecular weight is 353 g/mol. The average Bonchev–Trinajstić information content (AvgIpc) is 2.61. The summed E-state index contributed by atoms with van der Waals surface area (Å²) in [6, 6.07) is 8.26. The fourth-order valence-corrected chi connectivity index (χ4v) is 3.40. The van der Waals surface area contributed by atoms with E-state index in [-0.39, 0.29) is 0 Å². The first kappa shape index (κ1) is 18.4. The third kappa shape index (κ3) is 4.41. The van der Waals surface area contributed by atoms with Gasteiger partial charge in [-0.15, -0.1) is 0 Å². The first-order valence-corrected chi connectivity index (χ1v) is 9.32. The topological polar surface area (TPSA) is 77.2 Å². The summed E-state index contributed by atoms with van der Waals surface area (Å²) in [6.07, 6.45) is 7.59. The van der Waals surface area contributed by atoms with Gasteiger partial charge in [-0.2, -0.15) is 0 Å². The van der Waals surface area contributed by atoms with Crippen LogP contribution in [-0.2, 0) is 6.42 Å². The lowest BCUT2D eigenvalue weighted by molar-refractivity contribution is 0.0997. The highest BCUT2D eigenvalue weighted by molar-refractivity contribution is 5.95. The molecule has 3 rings (SSSR count). The normalized spacial score (nSPS) is 16.3. The number of hydrogen-bond donors (Lipinski definition) is 2. The Labute approximate surface area is 155 Å². The number of carbonyl (C=O) groups excluding carboxylic acids is 1. The zero-order chi connectivity index (χ0) is 18.5. The first-order chi connectivity index (χ1) is 12.5. The molecule has 138 valence electrons. The van der Waals surface area contributed by atoms with Crippen LogP contribution in [0.15, 0.2) is 36.7 Å². The number of fused-ring (bicyclic) bond motifs is 1. The van der Waals surface area contributed by atoms with Crippen LogP contribution in [0.5, 0.6) is 11.5 Å². The van der Waals surface area contributed by atoms with E-state index in [1.165, 1.54) is 30.2 Å². The van der Waals surface area contributed by atoms with Gasteiger partial charge < -0.3 is 15.8 Å². The molecule has 1 unspecified atom stereocenters. The van der Waals surface area contributed by atoms with Crippen LogP contribution in [0.4, 0.5) is 0 Å². The van der Waals surface area contributed by atoms with Crippen LogP contribution in [0.1, 0.15) is 60.6 Å². The van der Waals surface area contributed by atoms with Gasteiger partial charge in [0, 0.05) is 18.4 Å². The first-order valence-electron chi connectivity index (χ1n) is 9.32. The van der Waals surface area contributed by atoms with Crippen molar-refractivity contribution in [3.8, 4) is 11.5 Å². The van der Waals surface area contributed by atoms with Gasteiger partial charge in [0.15, 0.2) is 0 Å². The molecule has 3 N–H and O–H groups in total. The van der Waals surface area contributed by atoms with Crippen molar-refractivity contribution < 1.29 is 9.53 Å². The summed E-state index contributed by atoms with van der Waals surface area (Å²) in [7, 11) is 0. The third-order valence-corrected chi connectivity index (χ3v) is 4.82. The smallest absolute Gasteiger partial charge is 0.254 e. The number of nitrogens with two attached hydrogens (primary N) is 1. The van der Waals surface area contributed by atoms with Crippen LogP contribution in [-0.4, -0.2) is 17.4 Å². The molecule has 0 radical (unpaired) electrons. The van der Waals surface area contributed by atoms with Crippen molar-refractivity contribution in [1.82, 2.24) is 10.3 Å². The molecule has 2 aromatic rings. The number of carbonyl (C=O) groups is 1. The number of nitrogens with zero attached hydrogens (tertiary/aromatic N) is 1. The molecule has 0 saturated heterocycles. The zero-order valence-corrected chi connectivity index (χ0v) is 15.5. The SMILES string of the molecule is CC(C)CCNC1CCCc2cc(Oc3ccncc3C(N)=O)ccc21. The van der Waals surface area contributed by atoms with E-state index >= 15 is 0 Å². The van der Waals surface area contributed by atoms with Gasteiger partial charge in [-0.05, 0) is 67.5 Å². The standard InChI is InChI=1S/C21H27N3O2/c1-14(2)8-11-24-19-5-3-4-15-12-16(6-7-17(15)19)26-20-9-10-23-13-18(20)21(22)25/h6-7,9-10,12-14,19,24H,3-5,8,11H2,1-2H3,(H2,22,25). The Hall–Kier alpha value is -2.40. The van der Waals surface area contributed by atoms with E-state index in [1.54, 1.807) is 12.3 Å². The summed E-state index contributed by atoms with van der Waals surface area (Å²) in [6.45, 7) is 5.54. The minimum Gasteiger partial charge on any atom is -0.456 e. The van der Waals surface area contributed by atoms with E-state index in [0.717, 1.165) is 25.1 Å². The van der Waals surface area contributed by atoms with Crippen molar-refractivity contribution in [2.24, 2.45) is 11.7 Å². The van der Waals surface area contributed by atoms with E-state index in [0.29, 0.717) is 23.3 Å². The molecule has 1 aromatic heterocycles. The Bertz CT molecular complexity index is 774. The fraction of sp³-hybridized carbons (Fsp3) is 0.429. The lowest BCUT2D eigenvalue weighted by Crippen LogP contribution is -2.26. The lowest BCUT2D eigenvalue weighted by atomic mass is 9.87. The van der Waals surface area contributed by atoms with Gasteiger partial charge in [0.2, 0.25) is 0 Å². The predicted octanol–water partition coefficient (Wildman–Crippen LogP) is 3.99. The van der Waals surface area contributed by atoms with Gasteiger partial charge in [0.05, 0.1) is 0 Å². The molecular weight excluding hydrogens is 326 g/mol. The molecule has 1 aliphatic rings. The minimum absolute atomic E-state index is 0.290. The Morgan fingerprint density at radius 3 is 3.00 bits per heavy atom. The Morgan fingerprint density at radius 2 is 2.23 bits per heavy atom. The van der Waals surface area contributed by atoms with Crippen molar-refractivity contribution in [2.75, 3.05) is 6.54 Å². The number of pyridine rings is 1. The van der Waals surface area contributed by atoms with Crippen molar-refractivity contribution in [3.05, 3.63) is 53.3 Å². The molecule has 1 amide bonds. The van der Waals surface area contributed by atoms with Gasteiger partial charge in [0.1, 0.15) is 17.1 Å². The Balaban J connectivity index is 1.76. The maximum atomic E-state index is 11.5. The highest BCUT2D eigenvalue weighted by atomic mass is 16.5. The van der Waals surface area contributed by atoms with E-state index in [1.807, 2.05) is 6.07 Å². The number of aromatic nitrogens is 1. The Morgan fingerprint density at radius 1 is 1.38 bits per heavy atom. The van der Waals surface area contributed by atoms with Crippen LogP contribution < -0.4 is 15.8 Å². The zero-order valence-electron chi connectivity index (χ0n) is 15.5. The highest BCUT2D eigenvalue weighted by Gasteiger charge is 2.20. The van der Waals surface area contributed by atoms with Gasteiger partial charge in [-0.3, -0.25) is 9.78 Å². The number of aryl methyl sites for hydroxylation is 1. The second-order valence-corrected chi connectivity index (χ2v) is 7.28. The van der Waals surface area contributed by atoms with Gasteiger partial charge in [0.25, 0.3) is 5.91 Å². The molecule has 1 atom stereocenters. The molecular formula is C21H27N3O2. The number of benzene rings is 1. The largest absolute Gasteiger partial charge is 0.456 e. The lowest BCUT2D eigenvalue weighted by Gasteiger charge is -2.27. The van der Waals surface area contributed by atoms with Crippen molar-refractivity contribution >= 4 is 5.91 Å². The number of amides is 1. The van der Waals surface area contributed by atoms with Crippen LogP contribution in [0.25, 0.3) is 0 Å². The molecule has 0 spiro atoms. The second-order valence-electron chi connectivity index (χ2n) is 7.28. The van der Waals surface area contributed by atoms with E-state index in [4.69, 9.17) is 10.5 Å². The molecule has 0 bridgehead atoms.